The zero-order valence-electron chi connectivity index (χ0n) is 11.4. The molecule has 2 fully saturated rings. The lowest BCUT2D eigenvalue weighted by molar-refractivity contribution is 0.0281. The number of hydrogen-bond donors (Lipinski definition) is 2. The molecule has 2 heterocycles. The van der Waals surface area contributed by atoms with Gasteiger partial charge in [0.25, 0.3) is 0 Å². The largest absolute Gasteiger partial charge is 0.317 e. The molecule has 0 radical (unpaired) electrons. The molecule has 6 heteroatoms. The smallest absolute Gasteiger partial charge is 0.208 e. The van der Waals surface area contributed by atoms with E-state index in [1.165, 1.54) is 38.4 Å². The third kappa shape index (κ3) is 3.66. The van der Waals surface area contributed by atoms with Crippen molar-refractivity contribution in [3.63, 3.8) is 0 Å². The predicted molar refractivity (Wildman–Crippen MR) is 73.1 cm³/mol. The first-order valence-corrected chi connectivity index (χ1v) is 8.76. The molecular weight excluding hydrogens is 250 g/mol. The van der Waals surface area contributed by atoms with Crippen LogP contribution in [0.5, 0.6) is 0 Å². The van der Waals surface area contributed by atoms with E-state index in [9.17, 15) is 8.42 Å². The van der Waals surface area contributed by atoms with Crippen LogP contribution in [0.25, 0.3) is 0 Å². The molecule has 5 nitrogen and oxygen atoms in total. The number of hydrogen-bond acceptors (Lipinski definition) is 4. The maximum absolute atomic E-state index is 11.1. The van der Waals surface area contributed by atoms with Gasteiger partial charge < -0.3 is 5.32 Å². The summed E-state index contributed by atoms with van der Waals surface area (Å²) >= 11 is 0. The normalized spacial score (nSPS) is 33.6. The second-order valence-corrected chi connectivity index (χ2v) is 7.43. The Kier molecular flexibility index (Phi) is 4.64. The Balaban J connectivity index is 1.88. The van der Waals surface area contributed by atoms with E-state index in [1.54, 1.807) is 0 Å². The summed E-state index contributed by atoms with van der Waals surface area (Å²) in [5.74, 6) is 0. The highest BCUT2D eigenvalue weighted by molar-refractivity contribution is 7.88. The first-order chi connectivity index (χ1) is 8.49. The Morgan fingerprint density at radius 3 is 2.33 bits per heavy atom. The van der Waals surface area contributed by atoms with Crippen molar-refractivity contribution in [3.05, 3.63) is 0 Å². The van der Waals surface area contributed by atoms with Gasteiger partial charge in [-0.25, -0.2) is 13.1 Å². The molecule has 2 saturated heterocycles. The van der Waals surface area contributed by atoms with E-state index in [4.69, 9.17) is 0 Å². The molecule has 2 unspecified atom stereocenters. The van der Waals surface area contributed by atoms with Gasteiger partial charge >= 0.3 is 0 Å². The lowest BCUT2D eigenvalue weighted by atomic mass is 9.82. The quantitative estimate of drug-likeness (QED) is 0.749. The molecule has 0 aromatic carbocycles. The molecule has 2 atom stereocenters. The van der Waals surface area contributed by atoms with Crippen LogP contribution in [-0.4, -0.2) is 57.8 Å². The molecule has 2 bridgehead atoms. The number of nitrogens with one attached hydrogen (secondary N) is 2. The average molecular weight is 275 g/mol. The molecule has 0 aromatic heterocycles. The SMILES string of the molecule is CNC1CC2CCCC(C1)N2CCNS(C)(=O)=O. The van der Waals surface area contributed by atoms with E-state index in [2.05, 4.69) is 14.9 Å². The van der Waals surface area contributed by atoms with Crippen molar-refractivity contribution in [2.24, 2.45) is 0 Å². The minimum atomic E-state index is -3.05. The highest BCUT2D eigenvalue weighted by Gasteiger charge is 2.37. The second-order valence-electron chi connectivity index (χ2n) is 5.60. The highest BCUT2D eigenvalue weighted by Crippen LogP contribution is 2.33. The predicted octanol–water partition coefficient (Wildman–Crippen LogP) is 0.141. The highest BCUT2D eigenvalue weighted by atomic mass is 32.2. The summed E-state index contributed by atoms with van der Waals surface area (Å²) in [6.07, 6.45) is 7.46. The third-order valence-corrected chi connectivity index (χ3v) is 5.00. The number of piperidine rings is 2. The summed E-state index contributed by atoms with van der Waals surface area (Å²) in [5, 5.41) is 3.40. The molecular formula is C12H25N3O2S. The van der Waals surface area contributed by atoms with Gasteiger partial charge in [0.1, 0.15) is 0 Å². The van der Waals surface area contributed by atoms with Crippen molar-refractivity contribution in [1.82, 2.24) is 14.9 Å². The fourth-order valence-corrected chi connectivity index (χ4v) is 3.90. The second kappa shape index (κ2) is 5.86. The fraction of sp³-hybridized carbons (Fsp3) is 1.00. The van der Waals surface area contributed by atoms with Crippen LogP contribution in [0.3, 0.4) is 0 Å². The fourth-order valence-electron chi connectivity index (χ4n) is 3.44. The van der Waals surface area contributed by atoms with E-state index < -0.39 is 10.0 Å². The standard InChI is InChI=1S/C12H25N3O2S/c1-13-10-8-11-4-3-5-12(9-10)15(11)7-6-14-18(2,16)17/h10-14H,3-9H2,1-2H3. The average Bonchev–Trinajstić information content (AvgIpc) is 2.26. The number of rotatable bonds is 5. The summed E-state index contributed by atoms with van der Waals surface area (Å²) in [7, 11) is -1.01. The molecule has 0 spiro atoms. The van der Waals surface area contributed by atoms with Gasteiger partial charge in [-0.1, -0.05) is 6.42 Å². The van der Waals surface area contributed by atoms with Gasteiger partial charge in [-0.2, -0.15) is 0 Å². The first-order valence-electron chi connectivity index (χ1n) is 6.87. The van der Waals surface area contributed by atoms with Crippen molar-refractivity contribution in [1.29, 1.82) is 0 Å². The molecule has 2 N–H and O–H groups in total. The topological polar surface area (TPSA) is 61.4 Å². The van der Waals surface area contributed by atoms with Gasteiger partial charge in [0.2, 0.25) is 10.0 Å². The first kappa shape index (κ1) is 14.2. The van der Waals surface area contributed by atoms with E-state index in [0.29, 0.717) is 24.7 Å². The molecule has 106 valence electrons. The molecule has 2 aliphatic rings. The molecule has 0 aliphatic carbocycles. The lowest BCUT2D eigenvalue weighted by Gasteiger charge is -2.49. The van der Waals surface area contributed by atoms with Crippen LogP contribution in [0.2, 0.25) is 0 Å². The number of fused-ring (bicyclic) bond motifs is 2. The lowest BCUT2D eigenvalue weighted by Crippen LogP contribution is -2.57. The Labute approximate surface area is 110 Å². The van der Waals surface area contributed by atoms with E-state index >= 15 is 0 Å². The molecule has 0 aromatic rings. The number of sulfonamides is 1. The van der Waals surface area contributed by atoms with Crippen molar-refractivity contribution in [3.8, 4) is 0 Å². The van der Waals surface area contributed by atoms with E-state index in [-0.39, 0.29) is 0 Å². The van der Waals surface area contributed by atoms with Gasteiger partial charge in [-0.05, 0) is 32.7 Å². The molecule has 2 aliphatic heterocycles. The van der Waals surface area contributed by atoms with Crippen LogP contribution >= 0.6 is 0 Å². The summed E-state index contributed by atoms with van der Waals surface area (Å²) in [6, 6.07) is 1.91. The Bertz CT molecular complexity index is 358. The third-order valence-electron chi connectivity index (χ3n) is 4.27. The van der Waals surface area contributed by atoms with Crippen LogP contribution in [0.1, 0.15) is 32.1 Å². The molecule has 18 heavy (non-hydrogen) atoms. The number of nitrogens with zero attached hydrogens (tertiary/aromatic N) is 1. The zero-order valence-corrected chi connectivity index (χ0v) is 12.2. The Morgan fingerprint density at radius 2 is 1.83 bits per heavy atom. The van der Waals surface area contributed by atoms with Crippen LogP contribution in [0.4, 0.5) is 0 Å². The Hall–Kier alpha value is -0.170. The summed E-state index contributed by atoms with van der Waals surface area (Å²) < 4.78 is 24.8. The Morgan fingerprint density at radius 1 is 1.22 bits per heavy atom. The summed E-state index contributed by atoms with van der Waals surface area (Å²) in [6.45, 7) is 1.38. The van der Waals surface area contributed by atoms with Gasteiger partial charge in [-0.3, -0.25) is 4.90 Å². The minimum Gasteiger partial charge on any atom is -0.317 e. The van der Waals surface area contributed by atoms with Crippen molar-refractivity contribution in [2.75, 3.05) is 26.4 Å². The summed E-state index contributed by atoms with van der Waals surface area (Å²) in [4.78, 5) is 2.52. The van der Waals surface area contributed by atoms with Crippen LogP contribution in [0, 0.1) is 0 Å². The van der Waals surface area contributed by atoms with Crippen molar-refractivity contribution >= 4 is 10.0 Å². The monoisotopic (exact) mass is 275 g/mol. The molecule has 0 saturated carbocycles. The summed E-state index contributed by atoms with van der Waals surface area (Å²) in [5.41, 5.74) is 0. The van der Waals surface area contributed by atoms with Crippen molar-refractivity contribution < 1.29 is 8.42 Å². The molecule has 2 rings (SSSR count). The van der Waals surface area contributed by atoms with E-state index in [1.807, 2.05) is 7.05 Å². The minimum absolute atomic E-state index is 0.538. The van der Waals surface area contributed by atoms with Gasteiger partial charge in [0.05, 0.1) is 6.26 Å². The molecule has 0 amide bonds. The van der Waals surface area contributed by atoms with Gasteiger partial charge in [0.15, 0.2) is 0 Å². The van der Waals surface area contributed by atoms with Crippen LogP contribution < -0.4 is 10.0 Å². The van der Waals surface area contributed by atoms with Crippen LogP contribution in [-0.2, 0) is 10.0 Å². The zero-order chi connectivity index (χ0) is 13.2. The van der Waals surface area contributed by atoms with E-state index in [0.717, 1.165) is 6.54 Å². The maximum Gasteiger partial charge on any atom is 0.208 e. The van der Waals surface area contributed by atoms with Gasteiger partial charge in [-0.15, -0.1) is 0 Å². The van der Waals surface area contributed by atoms with Crippen molar-refractivity contribution in [2.45, 2.75) is 50.2 Å². The van der Waals surface area contributed by atoms with Gasteiger partial charge in [0, 0.05) is 31.2 Å². The van der Waals surface area contributed by atoms with Crippen LogP contribution in [0.15, 0.2) is 0 Å². The maximum atomic E-state index is 11.1.